The third-order valence-electron chi connectivity index (χ3n) is 3.61. The summed E-state index contributed by atoms with van der Waals surface area (Å²) >= 11 is 0. The average Bonchev–Trinajstić information content (AvgIpc) is 2.78. The van der Waals surface area contributed by atoms with Gasteiger partial charge in [-0.15, -0.1) is 4.91 Å². The van der Waals surface area contributed by atoms with Crippen LogP contribution in [0.1, 0.15) is 43.7 Å². The summed E-state index contributed by atoms with van der Waals surface area (Å²) < 4.78 is 1.79. The largest absolute Gasteiger partial charge is 0.282 e. The zero-order valence-corrected chi connectivity index (χ0v) is 9.67. The molecule has 4 heteroatoms. The molecular formula is C13H15N3O. The van der Waals surface area contributed by atoms with E-state index in [2.05, 4.69) is 10.2 Å². The molecule has 0 spiro atoms. The number of aromatic nitrogens is 2. The van der Waals surface area contributed by atoms with Gasteiger partial charge in [0.1, 0.15) is 5.65 Å². The van der Waals surface area contributed by atoms with Crippen molar-refractivity contribution in [2.24, 2.45) is 5.18 Å². The smallest absolute Gasteiger partial charge is 0.205 e. The predicted octanol–water partition coefficient (Wildman–Crippen LogP) is 3.78. The van der Waals surface area contributed by atoms with Crippen LogP contribution in [0, 0.1) is 4.91 Å². The molecule has 0 saturated heterocycles. The van der Waals surface area contributed by atoms with Crippen LogP contribution in [0.3, 0.4) is 0 Å². The van der Waals surface area contributed by atoms with Crippen LogP contribution in [0.5, 0.6) is 0 Å². The monoisotopic (exact) mass is 229 g/mol. The van der Waals surface area contributed by atoms with Crippen LogP contribution in [-0.4, -0.2) is 9.38 Å². The van der Waals surface area contributed by atoms with Crippen LogP contribution in [-0.2, 0) is 0 Å². The Morgan fingerprint density at radius 1 is 1.24 bits per heavy atom. The van der Waals surface area contributed by atoms with Gasteiger partial charge in [-0.3, -0.25) is 4.40 Å². The molecule has 88 valence electrons. The molecule has 0 atom stereocenters. The maximum Gasteiger partial charge on any atom is 0.205 e. The van der Waals surface area contributed by atoms with Gasteiger partial charge in [-0.2, -0.15) is 0 Å². The van der Waals surface area contributed by atoms with E-state index in [4.69, 9.17) is 0 Å². The Balaban J connectivity index is 2.11. The minimum absolute atomic E-state index is 0.413. The zero-order chi connectivity index (χ0) is 11.7. The topological polar surface area (TPSA) is 46.7 Å². The second kappa shape index (κ2) is 4.28. The summed E-state index contributed by atoms with van der Waals surface area (Å²) in [5, 5.41) is 3.18. The molecule has 1 aliphatic carbocycles. The second-order valence-corrected chi connectivity index (χ2v) is 4.68. The third kappa shape index (κ3) is 1.73. The molecule has 0 aliphatic heterocycles. The van der Waals surface area contributed by atoms with E-state index >= 15 is 0 Å². The lowest BCUT2D eigenvalue weighted by Gasteiger charge is -2.19. The number of hydrogen-bond donors (Lipinski definition) is 0. The van der Waals surface area contributed by atoms with Crippen molar-refractivity contribution in [2.45, 2.75) is 38.0 Å². The van der Waals surface area contributed by atoms with Gasteiger partial charge in [0.25, 0.3) is 0 Å². The van der Waals surface area contributed by atoms with Gasteiger partial charge in [-0.1, -0.05) is 25.3 Å². The maximum atomic E-state index is 11.0. The molecule has 3 rings (SSSR count). The van der Waals surface area contributed by atoms with E-state index in [1.165, 1.54) is 19.3 Å². The van der Waals surface area contributed by atoms with E-state index in [0.717, 1.165) is 24.2 Å². The van der Waals surface area contributed by atoms with Gasteiger partial charge in [0, 0.05) is 12.1 Å². The zero-order valence-electron chi connectivity index (χ0n) is 9.67. The van der Waals surface area contributed by atoms with Gasteiger partial charge in [0.2, 0.25) is 5.82 Å². The number of imidazole rings is 1. The predicted molar refractivity (Wildman–Crippen MR) is 66.5 cm³/mol. The Morgan fingerprint density at radius 2 is 2.06 bits per heavy atom. The highest BCUT2D eigenvalue weighted by atomic mass is 16.3. The molecule has 2 aromatic heterocycles. The first-order valence-corrected chi connectivity index (χ1v) is 6.20. The minimum atomic E-state index is 0.413. The van der Waals surface area contributed by atoms with Gasteiger partial charge in [-0.25, -0.2) is 4.98 Å². The van der Waals surface area contributed by atoms with Crippen molar-refractivity contribution >= 4 is 11.5 Å². The minimum Gasteiger partial charge on any atom is -0.282 e. The molecule has 1 aliphatic rings. The van der Waals surface area contributed by atoms with Crippen LogP contribution in [0.2, 0.25) is 0 Å². The summed E-state index contributed by atoms with van der Waals surface area (Å²) in [6.07, 6.45) is 7.88. The molecule has 0 radical (unpaired) electrons. The molecule has 0 unspecified atom stereocenters. The number of nitroso groups, excluding NO2 is 1. The first-order chi connectivity index (χ1) is 8.40. The van der Waals surface area contributed by atoms with Crippen molar-refractivity contribution in [3.63, 3.8) is 0 Å². The van der Waals surface area contributed by atoms with E-state index in [-0.39, 0.29) is 0 Å². The fraction of sp³-hybridized carbons (Fsp3) is 0.462. The molecule has 4 nitrogen and oxygen atoms in total. The highest BCUT2D eigenvalue weighted by molar-refractivity contribution is 5.53. The quantitative estimate of drug-likeness (QED) is 0.736. The van der Waals surface area contributed by atoms with E-state index in [1.54, 1.807) is 4.40 Å². The van der Waals surface area contributed by atoms with Crippen molar-refractivity contribution in [2.75, 3.05) is 0 Å². The van der Waals surface area contributed by atoms with E-state index in [9.17, 15) is 4.91 Å². The Kier molecular flexibility index (Phi) is 2.63. The third-order valence-corrected chi connectivity index (χ3v) is 3.61. The Labute approximate surface area is 99.6 Å². The second-order valence-electron chi connectivity index (χ2n) is 4.68. The van der Waals surface area contributed by atoms with Gasteiger partial charge >= 0.3 is 0 Å². The molecule has 0 aromatic carbocycles. The summed E-state index contributed by atoms with van der Waals surface area (Å²) in [5.74, 6) is 0.906. The summed E-state index contributed by atoms with van der Waals surface area (Å²) in [5.41, 5.74) is 1.72. The van der Waals surface area contributed by atoms with Crippen molar-refractivity contribution < 1.29 is 0 Å². The molecule has 2 aromatic rings. The van der Waals surface area contributed by atoms with E-state index < -0.39 is 0 Å². The molecule has 0 N–H and O–H groups in total. The van der Waals surface area contributed by atoms with Crippen molar-refractivity contribution in [1.29, 1.82) is 0 Å². The van der Waals surface area contributed by atoms with Crippen molar-refractivity contribution in [1.82, 2.24) is 9.38 Å². The average molecular weight is 229 g/mol. The Morgan fingerprint density at radius 3 is 2.82 bits per heavy atom. The van der Waals surface area contributed by atoms with Crippen LogP contribution >= 0.6 is 0 Å². The maximum absolute atomic E-state index is 11.0. The van der Waals surface area contributed by atoms with E-state index in [1.807, 2.05) is 24.4 Å². The van der Waals surface area contributed by atoms with Gasteiger partial charge in [0.15, 0.2) is 0 Å². The molecule has 1 fully saturated rings. The van der Waals surface area contributed by atoms with E-state index in [0.29, 0.717) is 11.7 Å². The number of hydrogen-bond acceptors (Lipinski definition) is 3. The lowest BCUT2D eigenvalue weighted by atomic mass is 9.87. The standard InChI is InChI=1S/C13H15N3O/c17-15-13-12(10-6-2-1-3-7-10)14-11-8-4-5-9-16(11)13/h4-5,8-10H,1-3,6-7H2. The Bertz CT molecular complexity index is 541. The summed E-state index contributed by atoms with van der Waals surface area (Å²) in [6, 6.07) is 5.75. The molecular weight excluding hydrogens is 214 g/mol. The SMILES string of the molecule is O=Nc1c(C2CCCCC2)nc2ccccn12. The fourth-order valence-corrected chi connectivity index (χ4v) is 2.74. The fourth-order valence-electron chi connectivity index (χ4n) is 2.74. The molecule has 0 bridgehead atoms. The van der Waals surface area contributed by atoms with Crippen LogP contribution in [0.25, 0.3) is 5.65 Å². The number of rotatable bonds is 2. The van der Waals surface area contributed by atoms with Crippen LogP contribution < -0.4 is 0 Å². The van der Waals surface area contributed by atoms with Crippen molar-refractivity contribution in [3.05, 3.63) is 35.0 Å². The Hall–Kier alpha value is -1.71. The normalized spacial score (nSPS) is 17.4. The first kappa shape index (κ1) is 10.4. The molecule has 0 amide bonds. The summed E-state index contributed by atoms with van der Waals surface area (Å²) in [6.45, 7) is 0. The number of pyridine rings is 1. The van der Waals surface area contributed by atoms with Crippen molar-refractivity contribution in [3.8, 4) is 0 Å². The van der Waals surface area contributed by atoms with Crippen LogP contribution in [0.15, 0.2) is 29.6 Å². The lowest BCUT2D eigenvalue weighted by molar-refractivity contribution is 0.438. The van der Waals surface area contributed by atoms with Gasteiger partial charge in [0.05, 0.1) is 5.69 Å². The highest BCUT2D eigenvalue weighted by Crippen LogP contribution is 2.37. The van der Waals surface area contributed by atoms with Gasteiger partial charge in [-0.05, 0) is 30.2 Å². The molecule has 2 heterocycles. The lowest BCUT2D eigenvalue weighted by Crippen LogP contribution is -2.05. The highest BCUT2D eigenvalue weighted by Gasteiger charge is 2.23. The number of nitrogens with zero attached hydrogens (tertiary/aromatic N) is 3. The molecule has 17 heavy (non-hydrogen) atoms. The molecule has 1 saturated carbocycles. The summed E-state index contributed by atoms with van der Waals surface area (Å²) in [4.78, 5) is 15.6. The number of fused-ring (bicyclic) bond motifs is 1. The summed E-state index contributed by atoms with van der Waals surface area (Å²) in [7, 11) is 0. The van der Waals surface area contributed by atoms with Gasteiger partial charge < -0.3 is 0 Å². The first-order valence-electron chi connectivity index (χ1n) is 6.20. The van der Waals surface area contributed by atoms with Crippen LogP contribution in [0.4, 0.5) is 5.82 Å².